The molecule has 3 aliphatic heterocycles. The third-order valence-corrected chi connectivity index (χ3v) is 13.3. The molecule has 7 rings (SSSR count). The van der Waals surface area contributed by atoms with E-state index in [1.54, 1.807) is 12.1 Å². The fourth-order valence-electron chi connectivity index (χ4n) is 9.52. The summed E-state index contributed by atoms with van der Waals surface area (Å²) in [4.78, 5) is 23.9. The van der Waals surface area contributed by atoms with Crippen molar-refractivity contribution in [2.24, 2.45) is 23.7 Å². The molecule has 4 aliphatic rings. The van der Waals surface area contributed by atoms with E-state index in [4.69, 9.17) is 0 Å². The summed E-state index contributed by atoms with van der Waals surface area (Å²) in [5, 5.41) is 9.81. The number of carbonyl (C=O) groups is 1. The van der Waals surface area contributed by atoms with Crippen LogP contribution in [0.25, 0.3) is 0 Å². The zero-order valence-corrected chi connectivity index (χ0v) is 27.6. The van der Waals surface area contributed by atoms with Gasteiger partial charge in [0.1, 0.15) is 0 Å². The Morgan fingerprint density at radius 3 is 2.35 bits per heavy atom. The van der Waals surface area contributed by atoms with Crippen LogP contribution < -0.4 is 4.90 Å². The number of rotatable bonds is 9. The number of anilines is 1. The van der Waals surface area contributed by atoms with Gasteiger partial charge < -0.3 is 19.8 Å². The number of fused-ring (bicyclic) bond motifs is 1. The molecule has 2 saturated heterocycles. The van der Waals surface area contributed by atoms with Crippen LogP contribution in [-0.4, -0.2) is 80.6 Å². The Bertz CT molecular complexity index is 1640. The second-order valence-corrected chi connectivity index (χ2v) is 16.2. The lowest BCUT2D eigenvalue weighted by Crippen LogP contribution is -2.57. The first-order chi connectivity index (χ1) is 22.2. The van der Waals surface area contributed by atoms with E-state index in [0.717, 1.165) is 83.6 Å². The summed E-state index contributed by atoms with van der Waals surface area (Å²) in [5.41, 5.74) is 4.01. The number of nitrogens with zero attached hydrogens (tertiary/aromatic N) is 4. The number of likely N-dealkylation sites (N-methyl/N-ethyl adjacent to an activating group) is 1. The van der Waals surface area contributed by atoms with Crippen molar-refractivity contribution < 1.29 is 18.3 Å². The highest BCUT2D eigenvalue weighted by atomic mass is 32.2. The number of piperidine rings is 1. The molecule has 0 radical (unpaired) electrons. The molecule has 2 aromatic carbocycles. The molecule has 3 fully saturated rings. The van der Waals surface area contributed by atoms with Crippen LogP contribution in [0.5, 0.6) is 0 Å². The number of pyridine rings is 1. The van der Waals surface area contributed by atoms with Crippen LogP contribution in [0.15, 0.2) is 82.8 Å². The maximum absolute atomic E-state index is 13.0. The van der Waals surface area contributed by atoms with E-state index in [-0.39, 0.29) is 16.2 Å². The van der Waals surface area contributed by atoms with Gasteiger partial charge in [0, 0.05) is 68.6 Å². The summed E-state index contributed by atoms with van der Waals surface area (Å²) >= 11 is 0. The fourth-order valence-corrected chi connectivity index (χ4v) is 10.8. The Labute approximate surface area is 273 Å². The fraction of sp³-hybridized carbons (Fsp3) is 0.514. The average Bonchev–Trinajstić information content (AvgIpc) is 3.51. The van der Waals surface area contributed by atoms with Gasteiger partial charge in [-0.2, -0.15) is 0 Å². The number of aliphatic carboxylic acids is 1. The minimum atomic E-state index is -3.54. The van der Waals surface area contributed by atoms with Gasteiger partial charge in [0.25, 0.3) is 0 Å². The first kappa shape index (κ1) is 31.3. The lowest BCUT2D eigenvalue weighted by atomic mass is 9.55. The molecule has 1 aliphatic carbocycles. The molecular weight excluding hydrogens is 596 g/mol. The Hall–Kier alpha value is -3.27. The molecule has 3 aromatic rings. The second-order valence-electron chi connectivity index (χ2n) is 14.3. The van der Waals surface area contributed by atoms with E-state index < -0.39 is 15.8 Å². The van der Waals surface area contributed by atoms with E-state index >= 15 is 0 Å². The topological polar surface area (TPSA) is 94.0 Å². The zero-order valence-electron chi connectivity index (χ0n) is 26.8. The van der Waals surface area contributed by atoms with Gasteiger partial charge in [0.05, 0.1) is 9.79 Å². The summed E-state index contributed by atoms with van der Waals surface area (Å²) in [6, 6.07) is 19.4. The van der Waals surface area contributed by atoms with Crippen LogP contribution in [0.2, 0.25) is 0 Å². The minimum absolute atomic E-state index is 0.0105. The van der Waals surface area contributed by atoms with Crippen LogP contribution in [-0.2, 0) is 26.6 Å². The number of likely N-dealkylation sites (tertiary alicyclic amines) is 1. The number of hydrogen-bond donors (Lipinski definition) is 1. The van der Waals surface area contributed by atoms with Crippen molar-refractivity contribution in [3.63, 3.8) is 0 Å². The smallest absolute Gasteiger partial charge is 0.303 e. The molecule has 9 heteroatoms. The number of carboxylic acid groups (broad SMARTS) is 1. The Morgan fingerprint density at radius 2 is 1.63 bits per heavy atom. The van der Waals surface area contributed by atoms with Crippen LogP contribution in [0.1, 0.15) is 49.7 Å². The van der Waals surface area contributed by atoms with Crippen molar-refractivity contribution in [2.45, 2.75) is 60.3 Å². The molecule has 46 heavy (non-hydrogen) atoms. The van der Waals surface area contributed by atoms with Crippen LogP contribution in [0.4, 0.5) is 5.69 Å². The molecule has 4 heterocycles. The van der Waals surface area contributed by atoms with Crippen molar-refractivity contribution in [1.82, 2.24) is 14.8 Å². The Kier molecular flexibility index (Phi) is 8.67. The number of carboxylic acids is 1. The zero-order chi connectivity index (χ0) is 31.9. The third kappa shape index (κ3) is 5.86. The van der Waals surface area contributed by atoms with Gasteiger partial charge in [0.2, 0.25) is 9.84 Å². The summed E-state index contributed by atoms with van der Waals surface area (Å²) in [7, 11) is -1.30. The predicted octanol–water partition coefficient (Wildman–Crippen LogP) is 5.34. The van der Waals surface area contributed by atoms with Crippen molar-refractivity contribution in [3.8, 4) is 0 Å². The van der Waals surface area contributed by atoms with E-state index in [9.17, 15) is 18.3 Å². The molecule has 244 valence electrons. The van der Waals surface area contributed by atoms with Gasteiger partial charge in [-0.1, -0.05) is 30.7 Å². The van der Waals surface area contributed by atoms with Gasteiger partial charge >= 0.3 is 5.97 Å². The van der Waals surface area contributed by atoms with Crippen LogP contribution >= 0.6 is 0 Å². The van der Waals surface area contributed by atoms with E-state index in [1.165, 1.54) is 35.7 Å². The highest BCUT2D eigenvalue weighted by molar-refractivity contribution is 7.91. The summed E-state index contributed by atoms with van der Waals surface area (Å²) < 4.78 is 25.9. The van der Waals surface area contributed by atoms with Crippen LogP contribution in [0.3, 0.4) is 0 Å². The maximum atomic E-state index is 13.0. The van der Waals surface area contributed by atoms with Crippen LogP contribution in [0, 0.1) is 23.7 Å². The van der Waals surface area contributed by atoms with E-state index in [1.807, 2.05) is 12.1 Å². The monoisotopic (exact) mass is 642 g/mol. The number of aromatic nitrogens is 1. The number of benzene rings is 2. The largest absolute Gasteiger partial charge is 0.481 e. The van der Waals surface area contributed by atoms with Gasteiger partial charge in [0.15, 0.2) is 0 Å². The molecule has 8 nitrogen and oxygen atoms in total. The third-order valence-electron chi connectivity index (χ3n) is 11.5. The molecule has 1 saturated carbocycles. The lowest BCUT2D eigenvalue weighted by molar-refractivity contribution is -0.138. The number of sulfone groups is 1. The van der Waals surface area contributed by atoms with Crippen molar-refractivity contribution in [3.05, 3.63) is 84.2 Å². The molecule has 0 bridgehead atoms. The van der Waals surface area contributed by atoms with E-state index in [0.29, 0.717) is 29.1 Å². The van der Waals surface area contributed by atoms with Gasteiger partial charge in [-0.3, -0.25) is 9.78 Å². The molecule has 0 amide bonds. The van der Waals surface area contributed by atoms with Gasteiger partial charge in [-0.15, -0.1) is 0 Å². The highest BCUT2D eigenvalue weighted by Crippen LogP contribution is 2.55. The minimum Gasteiger partial charge on any atom is -0.481 e. The second kappa shape index (κ2) is 12.7. The normalized spacial score (nSPS) is 26.5. The Balaban J connectivity index is 0.994. The molecule has 1 unspecified atom stereocenters. The predicted molar refractivity (Wildman–Crippen MR) is 179 cm³/mol. The van der Waals surface area contributed by atoms with Gasteiger partial charge in [-0.05, 0) is 111 Å². The molecule has 1 N–H and O–H groups in total. The summed E-state index contributed by atoms with van der Waals surface area (Å²) in [6.45, 7) is 7.23. The molecular formula is C37H46N4O4S. The molecule has 3 atom stereocenters. The standard InChI is InChI=1S/C37H46N4O4S/c1-39-25-29-5-2-3-7-35(29)37(26-39,34-8-4-6-28(34)21-36(42)43)30-15-19-40(20-16-30)22-27-23-41(24-27)31-9-11-32(12-10-31)46(44,45)33-13-17-38-18-14-33/h2-3,5,7,9-14,17-18,27-28,30,34H,4,6,8,15-16,19-26H2,1H3,(H,42,43)/t28-,34+,37?/m0/s1. The highest BCUT2D eigenvalue weighted by Gasteiger charge is 2.54. The van der Waals surface area contributed by atoms with Gasteiger partial charge in [-0.25, -0.2) is 8.42 Å². The SMILES string of the molecule is CN1Cc2ccccc2C(C2CCN(CC3CN(c4ccc(S(=O)(=O)c5ccncc5)cc4)C3)CC2)([C@@H]2CCC[C@H]2CC(=O)O)C1. The van der Waals surface area contributed by atoms with Crippen molar-refractivity contribution >= 4 is 21.5 Å². The van der Waals surface area contributed by atoms with E-state index in [2.05, 4.69) is 51.0 Å². The first-order valence-electron chi connectivity index (χ1n) is 17.0. The lowest BCUT2D eigenvalue weighted by Gasteiger charge is -2.55. The van der Waals surface area contributed by atoms with Crippen molar-refractivity contribution in [1.29, 1.82) is 0 Å². The average molecular weight is 643 g/mol. The first-order valence-corrected chi connectivity index (χ1v) is 18.4. The number of hydrogen-bond acceptors (Lipinski definition) is 7. The summed E-state index contributed by atoms with van der Waals surface area (Å²) in [6.07, 6.45) is 8.91. The maximum Gasteiger partial charge on any atom is 0.303 e. The summed E-state index contributed by atoms with van der Waals surface area (Å²) in [5.74, 6) is 1.16. The molecule has 0 spiro atoms. The molecule has 1 aromatic heterocycles. The van der Waals surface area contributed by atoms with Crippen molar-refractivity contribution in [2.75, 3.05) is 51.2 Å². The Morgan fingerprint density at radius 1 is 0.935 bits per heavy atom. The quantitative estimate of drug-likeness (QED) is 0.335.